The fourth-order valence-electron chi connectivity index (χ4n) is 3.03. The molecule has 25 heavy (non-hydrogen) atoms. The molecule has 3 aromatic rings. The van der Waals surface area contributed by atoms with Crippen LogP contribution in [0, 0.1) is 0 Å². The summed E-state index contributed by atoms with van der Waals surface area (Å²) in [6, 6.07) is 15.2. The largest absolute Gasteiger partial charge is 0.378 e. The Morgan fingerprint density at radius 1 is 1.12 bits per heavy atom. The summed E-state index contributed by atoms with van der Waals surface area (Å²) in [4.78, 5) is 17.9. The summed E-state index contributed by atoms with van der Waals surface area (Å²) in [5.41, 5.74) is 3.25. The van der Waals surface area contributed by atoms with Crippen LogP contribution in [-0.2, 0) is 4.74 Å². The smallest absolute Gasteiger partial charge is 0.272 e. The standard InChI is InChI=1S/C19H18ClN3O2/c20-14-4-5-17-13(10-14)11-18(22-17)19(24)21-15-2-1-3-16(12-15)23-6-8-25-9-7-23/h1-5,10-12,22H,6-9H2,(H,21,24). The highest BCUT2D eigenvalue weighted by Gasteiger charge is 2.13. The molecule has 128 valence electrons. The molecule has 2 aromatic carbocycles. The minimum atomic E-state index is -0.175. The van der Waals surface area contributed by atoms with Gasteiger partial charge in [0, 0.05) is 40.4 Å². The van der Waals surface area contributed by atoms with Crippen molar-refractivity contribution in [1.82, 2.24) is 4.98 Å². The van der Waals surface area contributed by atoms with Crippen LogP contribution in [0.25, 0.3) is 10.9 Å². The highest BCUT2D eigenvalue weighted by Crippen LogP contribution is 2.23. The maximum atomic E-state index is 12.5. The van der Waals surface area contributed by atoms with Crippen molar-refractivity contribution in [3.63, 3.8) is 0 Å². The number of hydrogen-bond acceptors (Lipinski definition) is 3. The quantitative estimate of drug-likeness (QED) is 0.749. The van der Waals surface area contributed by atoms with E-state index < -0.39 is 0 Å². The van der Waals surface area contributed by atoms with E-state index in [0.717, 1.165) is 48.6 Å². The van der Waals surface area contributed by atoms with Crippen molar-refractivity contribution < 1.29 is 9.53 Å². The molecule has 2 N–H and O–H groups in total. The number of nitrogens with zero attached hydrogens (tertiary/aromatic N) is 1. The van der Waals surface area contributed by atoms with Crippen molar-refractivity contribution in [2.75, 3.05) is 36.5 Å². The van der Waals surface area contributed by atoms with Crippen LogP contribution in [0.5, 0.6) is 0 Å². The molecule has 0 spiro atoms. The second kappa shape index (κ2) is 6.78. The Kier molecular flexibility index (Phi) is 4.34. The van der Waals surface area contributed by atoms with E-state index in [2.05, 4.69) is 15.2 Å². The van der Waals surface area contributed by atoms with E-state index in [1.54, 1.807) is 6.07 Å². The van der Waals surface area contributed by atoms with Gasteiger partial charge in [-0.2, -0.15) is 0 Å². The lowest BCUT2D eigenvalue weighted by atomic mass is 10.2. The summed E-state index contributed by atoms with van der Waals surface area (Å²) in [6.07, 6.45) is 0. The van der Waals surface area contributed by atoms with E-state index in [1.807, 2.05) is 42.5 Å². The third-order valence-electron chi connectivity index (χ3n) is 4.31. The van der Waals surface area contributed by atoms with Gasteiger partial charge in [0.1, 0.15) is 5.69 Å². The first-order chi connectivity index (χ1) is 12.2. The average molecular weight is 356 g/mol. The number of ether oxygens (including phenoxy) is 1. The fourth-order valence-corrected chi connectivity index (χ4v) is 3.21. The second-order valence-electron chi connectivity index (χ2n) is 6.02. The summed E-state index contributed by atoms with van der Waals surface area (Å²) in [5.74, 6) is -0.175. The first kappa shape index (κ1) is 16.0. The number of amides is 1. The number of nitrogens with one attached hydrogen (secondary N) is 2. The van der Waals surface area contributed by atoms with Crippen LogP contribution in [0.3, 0.4) is 0 Å². The summed E-state index contributed by atoms with van der Waals surface area (Å²) < 4.78 is 5.39. The minimum Gasteiger partial charge on any atom is -0.378 e. The molecule has 0 saturated carbocycles. The molecule has 1 aromatic heterocycles. The van der Waals surface area contributed by atoms with Crippen LogP contribution in [0.1, 0.15) is 10.5 Å². The number of H-pyrrole nitrogens is 1. The number of benzene rings is 2. The SMILES string of the molecule is O=C(Nc1cccc(N2CCOCC2)c1)c1cc2cc(Cl)ccc2[nH]1. The van der Waals surface area contributed by atoms with E-state index in [-0.39, 0.29) is 5.91 Å². The van der Waals surface area contributed by atoms with Gasteiger partial charge in [-0.05, 0) is 42.5 Å². The number of halogens is 1. The first-order valence-corrected chi connectivity index (χ1v) is 8.59. The summed E-state index contributed by atoms with van der Waals surface area (Å²) >= 11 is 6.00. The Morgan fingerprint density at radius 3 is 2.80 bits per heavy atom. The molecule has 6 heteroatoms. The van der Waals surface area contributed by atoms with Gasteiger partial charge in [0.2, 0.25) is 0 Å². The van der Waals surface area contributed by atoms with Gasteiger partial charge in [-0.3, -0.25) is 4.79 Å². The first-order valence-electron chi connectivity index (χ1n) is 8.21. The van der Waals surface area contributed by atoms with Crippen molar-refractivity contribution >= 4 is 39.8 Å². The van der Waals surface area contributed by atoms with Crippen LogP contribution < -0.4 is 10.2 Å². The minimum absolute atomic E-state index is 0.175. The van der Waals surface area contributed by atoms with Gasteiger partial charge in [0.15, 0.2) is 0 Å². The van der Waals surface area contributed by atoms with E-state index in [9.17, 15) is 4.79 Å². The van der Waals surface area contributed by atoms with Crippen LogP contribution in [0.15, 0.2) is 48.5 Å². The van der Waals surface area contributed by atoms with Crippen molar-refractivity contribution in [2.45, 2.75) is 0 Å². The molecular weight excluding hydrogens is 338 g/mol. The molecule has 1 aliphatic rings. The Morgan fingerprint density at radius 2 is 1.96 bits per heavy atom. The normalized spacial score (nSPS) is 14.7. The number of carbonyl (C=O) groups excluding carboxylic acids is 1. The topological polar surface area (TPSA) is 57.4 Å². The second-order valence-corrected chi connectivity index (χ2v) is 6.45. The van der Waals surface area contributed by atoms with Gasteiger partial charge in [-0.25, -0.2) is 0 Å². The summed E-state index contributed by atoms with van der Waals surface area (Å²) in [5, 5.41) is 4.52. The van der Waals surface area contributed by atoms with Crippen molar-refractivity contribution in [2.24, 2.45) is 0 Å². The number of hydrogen-bond donors (Lipinski definition) is 2. The molecule has 5 nitrogen and oxygen atoms in total. The molecule has 2 heterocycles. The van der Waals surface area contributed by atoms with Crippen LogP contribution in [0.4, 0.5) is 11.4 Å². The van der Waals surface area contributed by atoms with Gasteiger partial charge in [0.25, 0.3) is 5.91 Å². The Bertz CT molecular complexity index is 916. The van der Waals surface area contributed by atoms with E-state index in [4.69, 9.17) is 16.3 Å². The Labute approximate surface area is 150 Å². The molecular formula is C19H18ClN3O2. The van der Waals surface area contributed by atoms with E-state index in [1.165, 1.54) is 0 Å². The number of anilines is 2. The molecule has 0 radical (unpaired) electrons. The molecule has 1 saturated heterocycles. The number of rotatable bonds is 3. The molecule has 0 bridgehead atoms. The number of morpholine rings is 1. The zero-order valence-corrected chi connectivity index (χ0v) is 14.3. The number of carbonyl (C=O) groups is 1. The van der Waals surface area contributed by atoms with E-state index in [0.29, 0.717) is 10.7 Å². The Hall–Kier alpha value is -2.50. The third kappa shape index (κ3) is 3.48. The molecule has 0 aliphatic carbocycles. The predicted molar refractivity (Wildman–Crippen MR) is 101 cm³/mol. The van der Waals surface area contributed by atoms with E-state index >= 15 is 0 Å². The lowest BCUT2D eigenvalue weighted by molar-refractivity contribution is 0.102. The molecule has 1 aliphatic heterocycles. The fraction of sp³-hybridized carbons (Fsp3) is 0.211. The van der Waals surface area contributed by atoms with Crippen molar-refractivity contribution in [3.8, 4) is 0 Å². The number of aromatic nitrogens is 1. The van der Waals surface area contributed by atoms with Crippen LogP contribution in [-0.4, -0.2) is 37.2 Å². The highest BCUT2D eigenvalue weighted by atomic mass is 35.5. The zero-order chi connectivity index (χ0) is 17.2. The number of fused-ring (bicyclic) bond motifs is 1. The maximum absolute atomic E-state index is 12.5. The third-order valence-corrected chi connectivity index (χ3v) is 4.54. The van der Waals surface area contributed by atoms with Gasteiger partial charge in [0.05, 0.1) is 13.2 Å². The number of aromatic amines is 1. The molecule has 1 fully saturated rings. The predicted octanol–water partition coefficient (Wildman–Crippen LogP) is 3.91. The molecule has 1 amide bonds. The average Bonchev–Trinajstić information content (AvgIpc) is 3.06. The lowest BCUT2D eigenvalue weighted by Crippen LogP contribution is -2.36. The van der Waals surface area contributed by atoms with Crippen LogP contribution in [0.2, 0.25) is 5.02 Å². The summed E-state index contributed by atoms with van der Waals surface area (Å²) in [6.45, 7) is 3.18. The van der Waals surface area contributed by atoms with Crippen LogP contribution >= 0.6 is 11.6 Å². The van der Waals surface area contributed by atoms with Crippen molar-refractivity contribution in [1.29, 1.82) is 0 Å². The van der Waals surface area contributed by atoms with Gasteiger partial charge in [-0.15, -0.1) is 0 Å². The molecule has 4 rings (SSSR count). The van der Waals surface area contributed by atoms with Gasteiger partial charge < -0.3 is 19.9 Å². The molecule has 0 unspecified atom stereocenters. The van der Waals surface area contributed by atoms with Gasteiger partial charge in [-0.1, -0.05) is 17.7 Å². The lowest BCUT2D eigenvalue weighted by Gasteiger charge is -2.29. The Balaban J connectivity index is 1.53. The van der Waals surface area contributed by atoms with Gasteiger partial charge >= 0.3 is 0 Å². The zero-order valence-electron chi connectivity index (χ0n) is 13.6. The monoisotopic (exact) mass is 355 g/mol. The van der Waals surface area contributed by atoms with Crippen molar-refractivity contribution in [3.05, 3.63) is 59.2 Å². The summed E-state index contributed by atoms with van der Waals surface area (Å²) in [7, 11) is 0. The highest BCUT2D eigenvalue weighted by molar-refractivity contribution is 6.31. The maximum Gasteiger partial charge on any atom is 0.272 e. The molecule has 0 atom stereocenters.